The minimum absolute atomic E-state index is 0.0653. The van der Waals surface area contributed by atoms with Crippen molar-refractivity contribution in [2.75, 3.05) is 20.2 Å². The van der Waals surface area contributed by atoms with Crippen LogP contribution < -0.4 is 5.73 Å². The quantitative estimate of drug-likeness (QED) is 0.726. The van der Waals surface area contributed by atoms with Gasteiger partial charge in [0.1, 0.15) is 6.04 Å². The maximum Gasteiger partial charge on any atom is 0.323 e. The van der Waals surface area contributed by atoms with Crippen LogP contribution in [-0.2, 0) is 14.3 Å². The molecular weight excluding hydrogens is 232 g/mol. The molecule has 2 rings (SSSR count). The van der Waals surface area contributed by atoms with Gasteiger partial charge in [-0.05, 0) is 50.6 Å². The molecule has 1 aliphatic carbocycles. The van der Waals surface area contributed by atoms with Gasteiger partial charge in [-0.3, -0.25) is 14.5 Å². The Morgan fingerprint density at radius 1 is 1.28 bits per heavy atom. The number of methoxy groups -OCH3 is 1. The second kappa shape index (κ2) is 5.69. The molecule has 1 saturated carbocycles. The summed E-state index contributed by atoms with van der Waals surface area (Å²) in [6, 6.07) is -0.0653. The second-order valence-electron chi connectivity index (χ2n) is 5.46. The molecule has 1 saturated heterocycles. The van der Waals surface area contributed by atoms with E-state index in [1.807, 2.05) is 0 Å². The Hall–Kier alpha value is -1.10. The summed E-state index contributed by atoms with van der Waals surface area (Å²) in [7, 11) is 1.46. The summed E-state index contributed by atoms with van der Waals surface area (Å²) in [4.78, 5) is 24.9. The van der Waals surface area contributed by atoms with Gasteiger partial charge < -0.3 is 10.5 Å². The summed E-state index contributed by atoms with van der Waals surface area (Å²) in [6.07, 6.45) is 4.62. The molecule has 0 aromatic carbocycles. The van der Waals surface area contributed by atoms with Gasteiger partial charge in [0.2, 0.25) is 5.91 Å². The molecule has 2 aliphatic rings. The average molecular weight is 254 g/mol. The number of carbonyl (C=O) groups is 2. The molecule has 0 aromatic rings. The number of amides is 1. The normalized spacial score (nSPS) is 23.6. The molecule has 0 bridgehead atoms. The van der Waals surface area contributed by atoms with Gasteiger partial charge >= 0.3 is 5.97 Å². The molecule has 1 unspecified atom stereocenters. The fourth-order valence-corrected chi connectivity index (χ4v) is 2.89. The third-order valence-corrected chi connectivity index (χ3v) is 4.04. The number of primary amides is 1. The molecule has 0 radical (unpaired) electrons. The zero-order valence-electron chi connectivity index (χ0n) is 10.9. The zero-order valence-corrected chi connectivity index (χ0v) is 10.9. The highest BCUT2D eigenvalue weighted by Crippen LogP contribution is 2.37. The van der Waals surface area contributed by atoms with Crippen LogP contribution in [0.5, 0.6) is 0 Å². The van der Waals surface area contributed by atoms with E-state index in [1.54, 1.807) is 0 Å². The Morgan fingerprint density at radius 2 is 1.89 bits per heavy atom. The maximum atomic E-state index is 11.8. The number of piperidine rings is 1. The van der Waals surface area contributed by atoms with Crippen LogP contribution in [0.15, 0.2) is 0 Å². The van der Waals surface area contributed by atoms with Gasteiger partial charge in [0.15, 0.2) is 0 Å². The Labute approximate surface area is 108 Å². The van der Waals surface area contributed by atoms with Crippen LogP contribution in [0, 0.1) is 11.8 Å². The van der Waals surface area contributed by atoms with Gasteiger partial charge in [-0.1, -0.05) is 0 Å². The molecular formula is C13H22N2O3. The third-order valence-electron chi connectivity index (χ3n) is 4.04. The molecule has 2 fully saturated rings. The van der Waals surface area contributed by atoms with Gasteiger partial charge in [-0.15, -0.1) is 0 Å². The first-order chi connectivity index (χ1) is 8.61. The van der Waals surface area contributed by atoms with Crippen molar-refractivity contribution in [1.29, 1.82) is 0 Å². The molecule has 2 N–H and O–H groups in total. The highest BCUT2D eigenvalue weighted by molar-refractivity contribution is 5.76. The Balaban J connectivity index is 1.87. The second-order valence-corrected chi connectivity index (χ2v) is 5.46. The molecule has 1 amide bonds. The van der Waals surface area contributed by atoms with Crippen LogP contribution in [0.1, 0.15) is 32.1 Å². The first kappa shape index (κ1) is 13.3. The first-order valence-corrected chi connectivity index (χ1v) is 6.72. The Bertz CT molecular complexity index is 320. The summed E-state index contributed by atoms with van der Waals surface area (Å²) in [6.45, 7) is 1.74. The standard InChI is InChI=1S/C13H22N2O3/c1-18-13(17)12(10-2-3-10)15-6-4-9(5-7-15)8-11(14)16/h9-10,12H,2-8H2,1H3,(H2,14,16). The topological polar surface area (TPSA) is 72.6 Å². The number of hydrogen-bond donors (Lipinski definition) is 1. The van der Waals surface area contributed by atoms with Crippen molar-refractivity contribution in [3.05, 3.63) is 0 Å². The van der Waals surface area contributed by atoms with Gasteiger partial charge in [-0.2, -0.15) is 0 Å². The SMILES string of the molecule is COC(=O)C(C1CC1)N1CCC(CC(N)=O)CC1. The average Bonchev–Trinajstić information content (AvgIpc) is 3.15. The molecule has 18 heavy (non-hydrogen) atoms. The van der Waals surface area contributed by atoms with E-state index in [0.29, 0.717) is 18.3 Å². The van der Waals surface area contributed by atoms with Crippen molar-refractivity contribution >= 4 is 11.9 Å². The van der Waals surface area contributed by atoms with Crippen molar-refractivity contribution in [3.63, 3.8) is 0 Å². The van der Waals surface area contributed by atoms with Crippen molar-refractivity contribution in [1.82, 2.24) is 4.90 Å². The van der Waals surface area contributed by atoms with E-state index in [-0.39, 0.29) is 17.9 Å². The van der Waals surface area contributed by atoms with E-state index in [0.717, 1.165) is 38.8 Å². The van der Waals surface area contributed by atoms with Crippen LogP contribution in [0.4, 0.5) is 0 Å². The lowest BCUT2D eigenvalue weighted by molar-refractivity contribution is -0.148. The van der Waals surface area contributed by atoms with Crippen LogP contribution in [0.3, 0.4) is 0 Å². The molecule has 1 atom stereocenters. The summed E-state index contributed by atoms with van der Waals surface area (Å²) in [5.41, 5.74) is 5.22. The minimum Gasteiger partial charge on any atom is -0.468 e. The fourth-order valence-electron chi connectivity index (χ4n) is 2.89. The number of ether oxygens (including phenoxy) is 1. The summed E-state index contributed by atoms with van der Waals surface area (Å²) < 4.78 is 4.90. The molecule has 1 aliphatic heterocycles. The highest BCUT2D eigenvalue weighted by Gasteiger charge is 2.41. The molecule has 102 valence electrons. The van der Waals surface area contributed by atoms with E-state index in [1.165, 1.54) is 7.11 Å². The minimum atomic E-state index is -0.222. The van der Waals surface area contributed by atoms with Crippen molar-refractivity contribution in [2.45, 2.75) is 38.1 Å². The van der Waals surface area contributed by atoms with E-state index in [2.05, 4.69) is 4.90 Å². The predicted octanol–water partition coefficient (Wildman–Crippen LogP) is 0.525. The van der Waals surface area contributed by atoms with Crippen LogP contribution >= 0.6 is 0 Å². The van der Waals surface area contributed by atoms with Gasteiger partial charge in [0.05, 0.1) is 7.11 Å². The number of carbonyl (C=O) groups excluding carboxylic acids is 2. The Kier molecular flexibility index (Phi) is 4.22. The number of nitrogens with zero attached hydrogens (tertiary/aromatic N) is 1. The molecule has 5 nitrogen and oxygen atoms in total. The summed E-state index contributed by atoms with van der Waals surface area (Å²) in [5.74, 6) is 0.535. The van der Waals surface area contributed by atoms with E-state index in [4.69, 9.17) is 10.5 Å². The van der Waals surface area contributed by atoms with Crippen molar-refractivity contribution in [2.24, 2.45) is 17.6 Å². The van der Waals surface area contributed by atoms with Crippen molar-refractivity contribution < 1.29 is 14.3 Å². The first-order valence-electron chi connectivity index (χ1n) is 6.72. The number of rotatable bonds is 5. The number of likely N-dealkylation sites (tertiary alicyclic amines) is 1. The van der Waals surface area contributed by atoms with Gasteiger partial charge in [0.25, 0.3) is 0 Å². The lowest BCUT2D eigenvalue weighted by atomic mass is 9.92. The van der Waals surface area contributed by atoms with E-state index < -0.39 is 0 Å². The molecule has 5 heteroatoms. The Morgan fingerprint density at radius 3 is 2.33 bits per heavy atom. The number of esters is 1. The van der Waals surface area contributed by atoms with Crippen molar-refractivity contribution in [3.8, 4) is 0 Å². The zero-order chi connectivity index (χ0) is 13.1. The van der Waals surface area contributed by atoms with Gasteiger partial charge in [-0.25, -0.2) is 0 Å². The number of hydrogen-bond acceptors (Lipinski definition) is 4. The summed E-state index contributed by atoms with van der Waals surface area (Å²) in [5, 5.41) is 0. The largest absolute Gasteiger partial charge is 0.468 e. The predicted molar refractivity (Wildman–Crippen MR) is 66.6 cm³/mol. The third kappa shape index (κ3) is 3.22. The molecule has 0 aromatic heterocycles. The lowest BCUT2D eigenvalue weighted by Gasteiger charge is -2.36. The summed E-state index contributed by atoms with van der Waals surface area (Å²) >= 11 is 0. The molecule has 0 spiro atoms. The highest BCUT2D eigenvalue weighted by atomic mass is 16.5. The van der Waals surface area contributed by atoms with Crippen LogP contribution in [0.2, 0.25) is 0 Å². The fraction of sp³-hybridized carbons (Fsp3) is 0.846. The monoisotopic (exact) mass is 254 g/mol. The van der Waals surface area contributed by atoms with Crippen LogP contribution in [0.25, 0.3) is 0 Å². The number of nitrogens with two attached hydrogens (primary N) is 1. The smallest absolute Gasteiger partial charge is 0.323 e. The molecule has 1 heterocycles. The van der Waals surface area contributed by atoms with E-state index in [9.17, 15) is 9.59 Å². The van der Waals surface area contributed by atoms with Gasteiger partial charge in [0, 0.05) is 6.42 Å². The maximum absolute atomic E-state index is 11.8. The van der Waals surface area contributed by atoms with Crippen LogP contribution in [-0.4, -0.2) is 43.0 Å². The van der Waals surface area contributed by atoms with E-state index >= 15 is 0 Å². The lowest BCUT2D eigenvalue weighted by Crippen LogP contribution is -2.47.